The van der Waals surface area contributed by atoms with Crippen LogP contribution < -0.4 is 0 Å². The van der Waals surface area contributed by atoms with Crippen LogP contribution in [-0.2, 0) is 0 Å². The van der Waals surface area contributed by atoms with E-state index in [4.69, 9.17) is 0 Å². The Morgan fingerprint density at radius 3 is 3.50 bits per heavy atom. The fourth-order valence-electron chi connectivity index (χ4n) is 1.32. The van der Waals surface area contributed by atoms with E-state index in [9.17, 15) is 0 Å². The number of thiazole rings is 1. The third-order valence-corrected chi connectivity index (χ3v) is 2.88. The Bertz CT molecular complexity index is 534. The third kappa shape index (κ3) is 0.662. The minimum absolute atomic E-state index is 1.03. The van der Waals surface area contributed by atoms with E-state index < -0.39 is 0 Å². The molecule has 3 heteroatoms. The fourth-order valence-corrected chi connectivity index (χ4v) is 2.28. The van der Waals surface area contributed by atoms with Gasteiger partial charge in [-0.15, -0.1) is 0 Å². The van der Waals surface area contributed by atoms with Gasteiger partial charge in [0.1, 0.15) is 0 Å². The van der Waals surface area contributed by atoms with E-state index >= 15 is 0 Å². The van der Waals surface area contributed by atoms with Crippen molar-refractivity contribution in [2.75, 3.05) is 0 Å². The molecule has 0 N–H and O–H groups in total. The van der Waals surface area contributed by atoms with Gasteiger partial charge in [0.2, 0.25) is 0 Å². The van der Waals surface area contributed by atoms with Crippen LogP contribution in [0.5, 0.6) is 0 Å². The van der Waals surface area contributed by atoms with Crippen molar-refractivity contribution in [3.63, 3.8) is 0 Å². The predicted molar refractivity (Wildman–Crippen MR) is 49.4 cm³/mol. The minimum atomic E-state index is 1.03. The van der Waals surface area contributed by atoms with Crippen molar-refractivity contribution in [1.29, 1.82) is 0 Å². The van der Waals surface area contributed by atoms with Crippen LogP contribution in [0.4, 0.5) is 0 Å². The number of rotatable bonds is 0. The van der Waals surface area contributed by atoms with Crippen molar-refractivity contribution >= 4 is 26.5 Å². The average Bonchev–Trinajstić information content (AvgIpc) is 2.62. The number of hydrogen-bond donors (Lipinski definition) is 0. The summed E-state index contributed by atoms with van der Waals surface area (Å²) in [4.78, 5) is 5.25. The monoisotopic (exact) mass is 173 g/mol. The van der Waals surface area contributed by atoms with Crippen molar-refractivity contribution in [2.45, 2.75) is 0 Å². The van der Waals surface area contributed by atoms with Gasteiger partial charge in [-0.3, -0.25) is 4.40 Å². The first-order valence-corrected chi connectivity index (χ1v) is 4.49. The van der Waals surface area contributed by atoms with E-state index in [1.54, 1.807) is 11.3 Å². The molecule has 12 heavy (non-hydrogen) atoms. The fraction of sp³-hybridized carbons (Fsp3) is 0. The summed E-state index contributed by atoms with van der Waals surface area (Å²) in [6.07, 6.45) is 3.77. The number of aromatic nitrogens is 2. The molecule has 1 aromatic carbocycles. The lowest BCUT2D eigenvalue weighted by Crippen LogP contribution is -1.74. The zero-order valence-corrected chi connectivity index (χ0v) is 7.01. The van der Waals surface area contributed by atoms with Gasteiger partial charge in [-0.05, 0) is 6.07 Å². The van der Waals surface area contributed by atoms with Crippen LogP contribution in [0, 0.1) is 6.07 Å². The van der Waals surface area contributed by atoms with Crippen LogP contribution in [0.15, 0.2) is 30.6 Å². The Hall–Kier alpha value is -1.35. The number of benzene rings is 1. The molecule has 0 atom stereocenters. The summed E-state index contributed by atoms with van der Waals surface area (Å²) in [5, 5.41) is 0. The van der Waals surface area contributed by atoms with Crippen molar-refractivity contribution in [3.8, 4) is 0 Å². The summed E-state index contributed by atoms with van der Waals surface area (Å²) in [6.45, 7) is 0. The van der Waals surface area contributed by atoms with Gasteiger partial charge in [0.25, 0.3) is 0 Å². The van der Waals surface area contributed by atoms with Crippen molar-refractivity contribution in [1.82, 2.24) is 9.38 Å². The van der Waals surface area contributed by atoms with Crippen LogP contribution in [0.3, 0.4) is 0 Å². The highest BCUT2D eigenvalue weighted by Gasteiger charge is 2.02. The topological polar surface area (TPSA) is 17.3 Å². The highest BCUT2D eigenvalue weighted by molar-refractivity contribution is 7.23. The molecule has 0 unspecified atom stereocenters. The van der Waals surface area contributed by atoms with Crippen molar-refractivity contribution in [3.05, 3.63) is 36.7 Å². The van der Waals surface area contributed by atoms with Gasteiger partial charge in [0.15, 0.2) is 4.96 Å². The molecular formula is C9H5N2S. The third-order valence-electron chi connectivity index (χ3n) is 1.85. The minimum Gasteiger partial charge on any atom is -0.290 e. The second-order valence-electron chi connectivity index (χ2n) is 2.56. The summed E-state index contributed by atoms with van der Waals surface area (Å²) >= 11 is 1.69. The number of imidazole rings is 1. The lowest BCUT2D eigenvalue weighted by Gasteiger charge is -1.85. The largest absolute Gasteiger partial charge is 0.290 e. The molecule has 0 aliphatic rings. The molecule has 0 aliphatic heterocycles. The Labute approximate surface area is 73.1 Å². The van der Waals surface area contributed by atoms with E-state index in [0.717, 1.165) is 10.5 Å². The molecule has 0 amide bonds. The van der Waals surface area contributed by atoms with Gasteiger partial charge in [0.05, 0.1) is 10.2 Å². The zero-order chi connectivity index (χ0) is 7.97. The smallest absolute Gasteiger partial charge is 0.194 e. The summed E-state index contributed by atoms with van der Waals surface area (Å²) in [6, 6.07) is 9.21. The number of para-hydroxylation sites is 1. The summed E-state index contributed by atoms with van der Waals surface area (Å²) in [7, 11) is 0. The first kappa shape index (κ1) is 6.20. The maximum absolute atomic E-state index is 4.22. The molecule has 2 aromatic heterocycles. The predicted octanol–water partition coefficient (Wildman–Crippen LogP) is 2.35. The molecule has 1 radical (unpaired) electrons. The van der Waals surface area contributed by atoms with E-state index in [0.29, 0.717) is 0 Å². The van der Waals surface area contributed by atoms with Gasteiger partial charge >= 0.3 is 0 Å². The molecule has 57 valence electrons. The second kappa shape index (κ2) is 2.08. The first-order valence-electron chi connectivity index (χ1n) is 3.67. The van der Waals surface area contributed by atoms with Crippen LogP contribution in [0.1, 0.15) is 0 Å². The summed E-state index contributed by atoms with van der Waals surface area (Å²) in [5.74, 6) is 0. The summed E-state index contributed by atoms with van der Waals surface area (Å²) in [5.41, 5.74) is 1.12. The Morgan fingerprint density at radius 2 is 2.50 bits per heavy atom. The van der Waals surface area contributed by atoms with Crippen molar-refractivity contribution < 1.29 is 0 Å². The van der Waals surface area contributed by atoms with Crippen LogP contribution >= 0.6 is 11.3 Å². The molecule has 0 saturated heterocycles. The molecule has 3 rings (SSSR count). The van der Waals surface area contributed by atoms with Crippen molar-refractivity contribution in [2.24, 2.45) is 0 Å². The first-order chi connectivity index (χ1) is 5.95. The number of fused-ring (bicyclic) bond motifs is 3. The lowest BCUT2D eigenvalue weighted by molar-refractivity contribution is 1.29. The van der Waals surface area contributed by atoms with Gasteiger partial charge in [0, 0.05) is 18.5 Å². The van der Waals surface area contributed by atoms with Crippen LogP contribution in [0.25, 0.3) is 15.2 Å². The molecule has 0 fully saturated rings. The maximum Gasteiger partial charge on any atom is 0.194 e. The van der Waals surface area contributed by atoms with Gasteiger partial charge in [-0.25, -0.2) is 4.98 Å². The standard InChI is InChI=1S/C9H5N2S/c1-2-4-8-7(3-1)11-6-5-10-9(11)12-8/h1-2,4-6H. The zero-order valence-electron chi connectivity index (χ0n) is 6.19. The molecule has 0 aliphatic carbocycles. The maximum atomic E-state index is 4.22. The molecule has 0 saturated carbocycles. The van der Waals surface area contributed by atoms with Crippen LogP contribution in [0.2, 0.25) is 0 Å². The molecule has 2 heterocycles. The Balaban J connectivity index is 2.68. The van der Waals surface area contributed by atoms with Gasteiger partial charge < -0.3 is 0 Å². The van der Waals surface area contributed by atoms with E-state index in [-0.39, 0.29) is 0 Å². The quantitative estimate of drug-likeness (QED) is 0.510. The summed E-state index contributed by atoms with van der Waals surface area (Å²) < 4.78 is 3.29. The van der Waals surface area contributed by atoms with E-state index in [1.165, 1.54) is 4.70 Å². The Morgan fingerprint density at radius 1 is 1.50 bits per heavy atom. The molecule has 0 spiro atoms. The molecule has 0 bridgehead atoms. The SMILES string of the molecule is [c]1cccc2sc3nccn3c12. The Kier molecular flexibility index (Phi) is 1.07. The van der Waals surface area contributed by atoms with Gasteiger partial charge in [-0.1, -0.05) is 23.5 Å². The normalized spacial score (nSPS) is 11.3. The molecular weight excluding hydrogens is 168 g/mol. The highest BCUT2D eigenvalue weighted by Crippen LogP contribution is 2.23. The van der Waals surface area contributed by atoms with Crippen LogP contribution in [-0.4, -0.2) is 9.38 Å². The molecule has 3 aromatic rings. The molecule has 2 nitrogen and oxygen atoms in total. The number of hydrogen-bond acceptors (Lipinski definition) is 2. The average molecular weight is 173 g/mol. The van der Waals surface area contributed by atoms with E-state index in [2.05, 4.69) is 21.5 Å². The van der Waals surface area contributed by atoms with E-state index in [1.807, 2.05) is 24.5 Å². The highest BCUT2D eigenvalue weighted by atomic mass is 32.1. The number of nitrogens with zero attached hydrogens (tertiary/aromatic N) is 2. The second-order valence-corrected chi connectivity index (χ2v) is 3.57. The van der Waals surface area contributed by atoms with Gasteiger partial charge in [-0.2, -0.15) is 0 Å². The lowest BCUT2D eigenvalue weighted by atomic mass is 10.3.